The molecule has 1 aliphatic heterocycles. The molecule has 0 bridgehead atoms. The summed E-state index contributed by atoms with van der Waals surface area (Å²) in [5.41, 5.74) is -1.77. The van der Waals surface area contributed by atoms with Crippen molar-refractivity contribution < 1.29 is 26.4 Å². The van der Waals surface area contributed by atoms with Crippen molar-refractivity contribution >= 4 is 33.0 Å². The van der Waals surface area contributed by atoms with Gasteiger partial charge in [-0.2, -0.15) is 23.0 Å². The number of nitrogens with one attached hydrogen (secondary N) is 2. The van der Waals surface area contributed by atoms with Crippen molar-refractivity contribution in [3.05, 3.63) is 45.5 Å². The van der Waals surface area contributed by atoms with E-state index < -0.39 is 39.1 Å². The number of carbonyl (C=O) groups is 1. The van der Waals surface area contributed by atoms with Gasteiger partial charge in [0.2, 0.25) is 5.91 Å². The molecular formula is C18H19ClF3N5O4S. The maximum Gasteiger partial charge on any atom is 0.417 e. The number of hydrogen-bond acceptors (Lipinski definition) is 7. The summed E-state index contributed by atoms with van der Waals surface area (Å²) >= 11 is 6.07. The van der Waals surface area contributed by atoms with Crippen molar-refractivity contribution in [2.75, 3.05) is 23.4 Å². The van der Waals surface area contributed by atoms with E-state index in [-0.39, 0.29) is 40.5 Å². The first-order valence-electron chi connectivity index (χ1n) is 9.43. The molecule has 0 saturated carbocycles. The minimum atomic E-state index is -4.57. The van der Waals surface area contributed by atoms with Gasteiger partial charge in [0.25, 0.3) is 5.56 Å². The summed E-state index contributed by atoms with van der Waals surface area (Å²) in [5, 5.41) is 8.92. The molecule has 0 spiro atoms. The Kier molecular flexibility index (Phi) is 6.79. The topological polar surface area (TPSA) is 123 Å². The number of anilines is 1. The Bertz CT molecular complexity index is 1170. The van der Waals surface area contributed by atoms with Gasteiger partial charge in [-0.25, -0.2) is 13.4 Å². The Hall–Kier alpha value is -2.67. The third-order valence-electron chi connectivity index (χ3n) is 4.87. The highest BCUT2D eigenvalue weighted by Crippen LogP contribution is 2.28. The van der Waals surface area contributed by atoms with E-state index in [1.165, 1.54) is 6.92 Å². The van der Waals surface area contributed by atoms with Crippen molar-refractivity contribution in [3.63, 3.8) is 0 Å². The van der Waals surface area contributed by atoms with Crippen molar-refractivity contribution in [2.45, 2.75) is 25.6 Å². The minimum Gasteiger partial charge on any atom is -0.371 e. The highest BCUT2D eigenvalue weighted by atomic mass is 35.5. The quantitative estimate of drug-likeness (QED) is 0.627. The molecule has 2 aromatic heterocycles. The maximum absolute atomic E-state index is 12.7. The van der Waals surface area contributed by atoms with Gasteiger partial charge >= 0.3 is 6.18 Å². The van der Waals surface area contributed by atoms with Crippen LogP contribution in [0, 0.1) is 5.92 Å². The minimum absolute atomic E-state index is 0.0288. The lowest BCUT2D eigenvalue weighted by Crippen LogP contribution is -2.40. The van der Waals surface area contributed by atoms with Gasteiger partial charge in [0.1, 0.15) is 11.1 Å². The van der Waals surface area contributed by atoms with Crippen LogP contribution in [0.3, 0.4) is 0 Å². The summed E-state index contributed by atoms with van der Waals surface area (Å²) in [6.45, 7) is 1.72. The Balaban J connectivity index is 1.67. The van der Waals surface area contributed by atoms with E-state index in [0.29, 0.717) is 12.6 Å². The van der Waals surface area contributed by atoms with Crippen LogP contribution in [0.25, 0.3) is 5.82 Å². The van der Waals surface area contributed by atoms with Gasteiger partial charge in [-0.05, 0) is 31.4 Å². The molecule has 0 radical (unpaired) electrons. The Morgan fingerprint density at radius 3 is 2.62 bits per heavy atom. The fourth-order valence-corrected chi connectivity index (χ4v) is 5.15. The van der Waals surface area contributed by atoms with Crippen molar-refractivity contribution in [1.82, 2.24) is 20.1 Å². The highest BCUT2D eigenvalue weighted by molar-refractivity contribution is 7.91. The number of halogens is 4. The van der Waals surface area contributed by atoms with Crippen molar-refractivity contribution in [1.29, 1.82) is 0 Å². The third-order valence-corrected chi connectivity index (χ3v) is 7.07. The summed E-state index contributed by atoms with van der Waals surface area (Å²) in [4.78, 5) is 28.4. The zero-order valence-electron chi connectivity index (χ0n) is 16.7. The molecule has 174 valence electrons. The second-order valence-electron chi connectivity index (χ2n) is 7.37. The van der Waals surface area contributed by atoms with Crippen LogP contribution in [-0.2, 0) is 20.8 Å². The van der Waals surface area contributed by atoms with Crippen LogP contribution < -0.4 is 16.2 Å². The molecule has 0 aromatic carbocycles. The second kappa shape index (κ2) is 9.06. The summed E-state index contributed by atoms with van der Waals surface area (Å²) in [7, 11) is -3.05. The summed E-state index contributed by atoms with van der Waals surface area (Å²) in [5.74, 6) is -0.609. The molecule has 2 aromatic rings. The second-order valence-corrected chi connectivity index (χ2v) is 9.98. The number of sulfone groups is 1. The number of aromatic nitrogens is 3. The third kappa shape index (κ3) is 5.57. The van der Waals surface area contributed by atoms with E-state index in [9.17, 15) is 31.2 Å². The smallest absolute Gasteiger partial charge is 0.371 e. The molecule has 1 saturated heterocycles. The predicted octanol–water partition coefficient (Wildman–Crippen LogP) is 1.65. The first kappa shape index (κ1) is 24.0. The first-order chi connectivity index (χ1) is 14.9. The molecule has 2 unspecified atom stereocenters. The van der Waals surface area contributed by atoms with Crippen molar-refractivity contribution in [2.24, 2.45) is 5.92 Å². The van der Waals surface area contributed by atoms with Crippen molar-refractivity contribution in [3.8, 4) is 5.82 Å². The molecule has 1 fully saturated rings. The molecule has 2 N–H and O–H groups in total. The number of amides is 1. The molecular weight excluding hydrogens is 475 g/mol. The van der Waals surface area contributed by atoms with Crippen LogP contribution in [0.2, 0.25) is 5.02 Å². The van der Waals surface area contributed by atoms with Gasteiger partial charge in [0.15, 0.2) is 15.7 Å². The molecule has 32 heavy (non-hydrogen) atoms. The number of alkyl halides is 3. The normalized spacial score (nSPS) is 18.8. The standard InChI is InChI=1S/C18H19ClF3N5O4S/c1-10(16(28)24-6-11-4-5-32(30,31)9-11)26-13-8-25-27(17(29)15(13)19)14-3-2-12(7-23-14)18(20,21)22/h2-3,7-8,10-11,26H,4-6,9H2,1H3,(H,24,28). The van der Waals surface area contributed by atoms with Gasteiger partial charge in [-0.1, -0.05) is 11.6 Å². The van der Waals surface area contributed by atoms with Crippen LogP contribution in [0.5, 0.6) is 0 Å². The summed E-state index contributed by atoms with van der Waals surface area (Å²) in [6.07, 6.45) is -2.36. The predicted molar refractivity (Wildman–Crippen MR) is 110 cm³/mol. The van der Waals surface area contributed by atoms with E-state index in [1.54, 1.807) is 0 Å². The van der Waals surface area contributed by atoms with Crippen LogP contribution in [0.15, 0.2) is 29.3 Å². The van der Waals surface area contributed by atoms with E-state index in [0.717, 1.165) is 23.0 Å². The average Bonchev–Trinajstić information content (AvgIpc) is 3.08. The lowest BCUT2D eigenvalue weighted by Gasteiger charge is -2.17. The highest BCUT2D eigenvalue weighted by Gasteiger charge is 2.31. The zero-order chi connectivity index (χ0) is 23.7. The van der Waals surface area contributed by atoms with E-state index in [2.05, 4.69) is 20.7 Å². The van der Waals surface area contributed by atoms with Gasteiger partial charge in [-0.3, -0.25) is 9.59 Å². The van der Waals surface area contributed by atoms with E-state index >= 15 is 0 Å². The molecule has 3 rings (SSSR count). The van der Waals surface area contributed by atoms with Crippen LogP contribution in [0.4, 0.5) is 18.9 Å². The fourth-order valence-electron chi connectivity index (χ4n) is 3.11. The number of rotatable bonds is 6. The number of nitrogens with zero attached hydrogens (tertiary/aromatic N) is 3. The molecule has 9 nitrogen and oxygen atoms in total. The van der Waals surface area contributed by atoms with Gasteiger partial charge in [0, 0.05) is 12.7 Å². The van der Waals surface area contributed by atoms with Gasteiger partial charge in [-0.15, -0.1) is 0 Å². The fraction of sp³-hybridized carbons (Fsp3) is 0.444. The summed E-state index contributed by atoms with van der Waals surface area (Å²) < 4.78 is 61.7. The largest absolute Gasteiger partial charge is 0.417 e. The Labute approximate surface area is 185 Å². The first-order valence-corrected chi connectivity index (χ1v) is 11.6. The van der Waals surface area contributed by atoms with Gasteiger partial charge in [0.05, 0.1) is 29.0 Å². The monoisotopic (exact) mass is 493 g/mol. The van der Waals surface area contributed by atoms with Gasteiger partial charge < -0.3 is 10.6 Å². The van der Waals surface area contributed by atoms with Crippen LogP contribution in [0.1, 0.15) is 18.9 Å². The number of hydrogen-bond donors (Lipinski definition) is 2. The van der Waals surface area contributed by atoms with E-state index in [4.69, 9.17) is 11.6 Å². The summed E-state index contributed by atoms with van der Waals surface area (Å²) in [6, 6.07) is 0.921. The lowest BCUT2D eigenvalue weighted by molar-refractivity contribution is -0.137. The maximum atomic E-state index is 12.7. The van der Waals surface area contributed by atoms with Crippen LogP contribution in [-0.4, -0.2) is 53.2 Å². The molecule has 1 aliphatic rings. The Morgan fingerprint density at radius 1 is 1.34 bits per heavy atom. The molecule has 0 aliphatic carbocycles. The number of pyridine rings is 1. The molecule has 2 atom stereocenters. The SMILES string of the molecule is CC(Nc1cnn(-c2ccc(C(F)(F)F)cn2)c(=O)c1Cl)C(=O)NCC1CCS(=O)(=O)C1. The molecule has 14 heteroatoms. The molecule has 1 amide bonds. The number of carbonyl (C=O) groups excluding carboxylic acids is 1. The van der Waals surface area contributed by atoms with E-state index in [1.807, 2.05) is 0 Å². The average molecular weight is 494 g/mol. The molecule has 3 heterocycles. The lowest BCUT2D eigenvalue weighted by atomic mass is 10.1. The Morgan fingerprint density at radius 2 is 2.06 bits per heavy atom. The van der Waals surface area contributed by atoms with Crippen LogP contribution >= 0.6 is 11.6 Å². The zero-order valence-corrected chi connectivity index (χ0v) is 18.3.